The Bertz CT molecular complexity index is 460. The van der Waals surface area contributed by atoms with E-state index in [1.54, 1.807) is 7.11 Å². The maximum Gasteiger partial charge on any atom is 0.167 e. The normalized spacial score (nSPS) is 10.3. The molecule has 1 heterocycles. The molecule has 1 aromatic carbocycles. The zero-order valence-corrected chi connectivity index (χ0v) is 9.19. The summed E-state index contributed by atoms with van der Waals surface area (Å²) in [6.45, 7) is 1.95. The predicted molar refractivity (Wildman–Crippen MR) is 59.9 cm³/mol. The SMILES string of the molecule is COc1c(C)nn(C)c1-c1ccccc1. The fourth-order valence-electron chi connectivity index (χ4n) is 1.80. The third kappa shape index (κ3) is 1.61. The molecule has 0 saturated carbocycles. The molecule has 0 bridgehead atoms. The van der Waals surface area contributed by atoms with Gasteiger partial charge in [-0.3, -0.25) is 4.68 Å². The largest absolute Gasteiger partial charge is 0.492 e. The fraction of sp³-hybridized carbons (Fsp3) is 0.250. The van der Waals surface area contributed by atoms with Gasteiger partial charge in [-0.05, 0) is 6.92 Å². The van der Waals surface area contributed by atoms with Crippen LogP contribution in [0.15, 0.2) is 30.3 Å². The zero-order valence-electron chi connectivity index (χ0n) is 9.19. The molecule has 0 fully saturated rings. The Morgan fingerprint density at radius 2 is 1.87 bits per heavy atom. The quantitative estimate of drug-likeness (QED) is 0.747. The van der Waals surface area contributed by atoms with Crippen LogP contribution in [0.25, 0.3) is 11.3 Å². The molecule has 3 nitrogen and oxygen atoms in total. The summed E-state index contributed by atoms with van der Waals surface area (Å²) >= 11 is 0. The number of aryl methyl sites for hydroxylation is 2. The van der Waals surface area contributed by atoms with E-state index in [4.69, 9.17) is 4.74 Å². The second kappa shape index (κ2) is 3.77. The summed E-state index contributed by atoms with van der Waals surface area (Å²) < 4.78 is 7.22. The van der Waals surface area contributed by atoms with Gasteiger partial charge in [-0.25, -0.2) is 0 Å². The van der Waals surface area contributed by atoms with Crippen molar-refractivity contribution in [3.63, 3.8) is 0 Å². The van der Waals surface area contributed by atoms with Gasteiger partial charge < -0.3 is 4.74 Å². The number of hydrogen-bond donors (Lipinski definition) is 0. The molecule has 0 aliphatic heterocycles. The van der Waals surface area contributed by atoms with Crippen molar-refractivity contribution in [2.45, 2.75) is 6.92 Å². The van der Waals surface area contributed by atoms with Crippen LogP contribution in [0.1, 0.15) is 5.69 Å². The van der Waals surface area contributed by atoms with Gasteiger partial charge in [-0.1, -0.05) is 30.3 Å². The van der Waals surface area contributed by atoms with E-state index in [0.717, 1.165) is 22.7 Å². The van der Waals surface area contributed by atoms with Crippen molar-refractivity contribution in [3.8, 4) is 17.0 Å². The summed E-state index contributed by atoms with van der Waals surface area (Å²) in [5.74, 6) is 0.851. The lowest BCUT2D eigenvalue weighted by molar-refractivity contribution is 0.413. The maximum absolute atomic E-state index is 5.37. The van der Waals surface area contributed by atoms with Gasteiger partial charge in [0.15, 0.2) is 5.75 Å². The molecule has 2 aromatic rings. The van der Waals surface area contributed by atoms with Crippen molar-refractivity contribution in [1.82, 2.24) is 9.78 Å². The van der Waals surface area contributed by atoms with Gasteiger partial charge in [-0.15, -0.1) is 0 Å². The number of rotatable bonds is 2. The lowest BCUT2D eigenvalue weighted by Crippen LogP contribution is -1.94. The molecule has 0 atom stereocenters. The topological polar surface area (TPSA) is 27.1 Å². The Balaban J connectivity index is 2.62. The van der Waals surface area contributed by atoms with Gasteiger partial charge in [0.1, 0.15) is 11.4 Å². The molecular formula is C12H14N2O. The minimum atomic E-state index is 0.851. The molecule has 0 aliphatic rings. The fourth-order valence-corrected chi connectivity index (χ4v) is 1.80. The number of benzene rings is 1. The van der Waals surface area contributed by atoms with Gasteiger partial charge in [0.25, 0.3) is 0 Å². The Labute approximate surface area is 89.3 Å². The Kier molecular flexibility index (Phi) is 2.46. The first kappa shape index (κ1) is 9.77. The van der Waals surface area contributed by atoms with E-state index in [1.165, 1.54) is 0 Å². The molecule has 78 valence electrons. The number of methoxy groups -OCH3 is 1. The van der Waals surface area contributed by atoms with Crippen LogP contribution in [0.3, 0.4) is 0 Å². The summed E-state index contributed by atoms with van der Waals surface area (Å²) in [6.07, 6.45) is 0. The van der Waals surface area contributed by atoms with Gasteiger partial charge in [-0.2, -0.15) is 5.10 Å². The molecule has 0 N–H and O–H groups in total. The van der Waals surface area contributed by atoms with E-state index in [-0.39, 0.29) is 0 Å². The summed E-state index contributed by atoms with van der Waals surface area (Å²) in [4.78, 5) is 0. The summed E-state index contributed by atoms with van der Waals surface area (Å²) in [6, 6.07) is 10.1. The van der Waals surface area contributed by atoms with E-state index in [0.29, 0.717) is 0 Å². The summed E-state index contributed by atoms with van der Waals surface area (Å²) in [5.41, 5.74) is 3.06. The van der Waals surface area contributed by atoms with Crippen molar-refractivity contribution < 1.29 is 4.74 Å². The number of nitrogens with zero attached hydrogens (tertiary/aromatic N) is 2. The van der Waals surface area contributed by atoms with Gasteiger partial charge in [0.05, 0.1) is 7.11 Å². The maximum atomic E-state index is 5.37. The first-order valence-electron chi connectivity index (χ1n) is 4.87. The zero-order chi connectivity index (χ0) is 10.8. The van der Waals surface area contributed by atoms with E-state index in [2.05, 4.69) is 17.2 Å². The standard InChI is InChI=1S/C12H14N2O/c1-9-12(15-3)11(14(2)13-9)10-7-5-4-6-8-10/h4-8H,1-3H3. The van der Waals surface area contributed by atoms with Crippen LogP contribution >= 0.6 is 0 Å². The van der Waals surface area contributed by atoms with E-state index in [9.17, 15) is 0 Å². The average molecular weight is 202 g/mol. The average Bonchev–Trinajstić information content (AvgIpc) is 2.54. The Morgan fingerprint density at radius 3 is 2.47 bits per heavy atom. The van der Waals surface area contributed by atoms with Crippen LogP contribution in [0.4, 0.5) is 0 Å². The number of hydrogen-bond acceptors (Lipinski definition) is 2. The first-order valence-corrected chi connectivity index (χ1v) is 4.87. The monoisotopic (exact) mass is 202 g/mol. The lowest BCUT2D eigenvalue weighted by Gasteiger charge is -2.05. The smallest absolute Gasteiger partial charge is 0.167 e. The molecule has 0 aliphatic carbocycles. The van der Waals surface area contributed by atoms with E-state index in [1.807, 2.05) is 36.9 Å². The molecule has 0 amide bonds. The molecule has 15 heavy (non-hydrogen) atoms. The van der Waals surface area contributed by atoms with Crippen LogP contribution < -0.4 is 4.74 Å². The predicted octanol–water partition coefficient (Wildman–Crippen LogP) is 2.40. The van der Waals surface area contributed by atoms with Crippen LogP contribution in [0, 0.1) is 6.92 Å². The summed E-state index contributed by atoms with van der Waals surface area (Å²) in [5, 5.41) is 4.35. The van der Waals surface area contributed by atoms with Crippen molar-refractivity contribution >= 4 is 0 Å². The second-order valence-electron chi connectivity index (χ2n) is 3.46. The summed E-state index contributed by atoms with van der Waals surface area (Å²) in [7, 11) is 3.61. The second-order valence-corrected chi connectivity index (χ2v) is 3.46. The molecule has 0 spiro atoms. The highest BCUT2D eigenvalue weighted by Gasteiger charge is 2.14. The lowest BCUT2D eigenvalue weighted by atomic mass is 10.1. The number of ether oxygens (including phenoxy) is 1. The Morgan fingerprint density at radius 1 is 1.20 bits per heavy atom. The molecule has 0 unspecified atom stereocenters. The van der Waals surface area contributed by atoms with Crippen LogP contribution in [-0.2, 0) is 7.05 Å². The van der Waals surface area contributed by atoms with Crippen LogP contribution in [-0.4, -0.2) is 16.9 Å². The highest BCUT2D eigenvalue weighted by atomic mass is 16.5. The minimum absolute atomic E-state index is 0.851. The highest BCUT2D eigenvalue weighted by molar-refractivity contribution is 5.67. The molecule has 0 radical (unpaired) electrons. The van der Waals surface area contributed by atoms with Crippen molar-refractivity contribution in [2.75, 3.05) is 7.11 Å². The Hall–Kier alpha value is -1.77. The van der Waals surface area contributed by atoms with Crippen molar-refractivity contribution in [2.24, 2.45) is 7.05 Å². The van der Waals surface area contributed by atoms with Crippen LogP contribution in [0.2, 0.25) is 0 Å². The highest BCUT2D eigenvalue weighted by Crippen LogP contribution is 2.31. The third-order valence-corrected chi connectivity index (χ3v) is 2.42. The van der Waals surface area contributed by atoms with Crippen LogP contribution in [0.5, 0.6) is 5.75 Å². The van der Waals surface area contributed by atoms with E-state index >= 15 is 0 Å². The number of aromatic nitrogens is 2. The molecule has 2 rings (SSSR count). The van der Waals surface area contributed by atoms with E-state index < -0.39 is 0 Å². The molecule has 3 heteroatoms. The molecular weight excluding hydrogens is 188 g/mol. The molecule has 1 aromatic heterocycles. The first-order chi connectivity index (χ1) is 7.24. The van der Waals surface area contributed by atoms with Crippen molar-refractivity contribution in [3.05, 3.63) is 36.0 Å². The third-order valence-electron chi connectivity index (χ3n) is 2.42. The van der Waals surface area contributed by atoms with Gasteiger partial charge >= 0.3 is 0 Å². The minimum Gasteiger partial charge on any atom is -0.492 e. The van der Waals surface area contributed by atoms with Gasteiger partial charge in [0, 0.05) is 12.6 Å². The van der Waals surface area contributed by atoms with Gasteiger partial charge in [0.2, 0.25) is 0 Å². The molecule has 0 saturated heterocycles. The van der Waals surface area contributed by atoms with Crippen molar-refractivity contribution in [1.29, 1.82) is 0 Å².